The standard InChI is InChI=1S/C18H17N3O5S2/c1-9(16(24)21-18-10(15(19)23)6-7-27-18)26-14(22)8-13-17(25)20-11-4-2-3-5-12(11)28-13/h2-7,9,13H,8H2,1H3,(H2,19,23)(H,20,25)(H,21,24). The first-order valence-electron chi connectivity index (χ1n) is 8.29. The van der Waals surface area contributed by atoms with Gasteiger partial charge in [-0.15, -0.1) is 23.1 Å². The molecule has 10 heteroatoms. The first kappa shape index (κ1) is 19.9. The van der Waals surface area contributed by atoms with Crippen LogP contribution in [0.1, 0.15) is 23.7 Å². The van der Waals surface area contributed by atoms with Crippen LogP contribution < -0.4 is 16.4 Å². The van der Waals surface area contributed by atoms with Gasteiger partial charge >= 0.3 is 5.97 Å². The van der Waals surface area contributed by atoms with Gasteiger partial charge in [0.2, 0.25) is 5.91 Å². The first-order valence-corrected chi connectivity index (χ1v) is 10.0. The summed E-state index contributed by atoms with van der Waals surface area (Å²) in [6.45, 7) is 1.41. The first-order chi connectivity index (χ1) is 13.3. The number of rotatable bonds is 6. The maximum Gasteiger partial charge on any atom is 0.308 e. The van der Waals surface area contributed by atoms with E-state index < -0.39 is 29.1 Å². The number of thiophene rings is 1. The molecule has 1 aromatic carbocycles. The molecule has 2 atom stereocenters. The molecule has 0 bridgehead atoms. The molecule has 0 aliphatic carbocycles. The van der Waals surface area contributed by atoms with Gasteiger partial charge in [-0.3, -0.25) is 19.2 Å². The molecular weight excluding hydrogens is 402 g/mol. The number of carbonyl (C=O) groups excluding carboxylic acids is 4. The van der Waals surface area contributed by atoms with E-state index in [1.165, 1.54) is 24.8 Å². The van der Waals surface area contributed by atoms with E-state index in [0.29, 0.717) is 10.7 Å². The molecule has 4 N–H and O–H groups in total. The van der Waals surface area contributed by atoms with Gasteiger partial charge < -0.3 is 21.1 Å². The number of nitrogens with two attached hydrogens (primary N) is 1. The van der Waals surface area contributed by atoms with Crippen molar-refractivity contribution in [2.45, 2.75) is 29.6 Å². The van der Waals surface area contributed by atoms with Crippen LogP contribution in [-0.2, 0) is 19.1 Å². The van der Waals surface area contributed by atoms with Crippen LogP contribution in [0.4, 0.5) is 10.7 Å². The number of hydrogen-bond acceptors (Lipinski definition) is 7. The zero-order chi connectivity index (χ0) is 20.3. The van der Waals surface area contributed by atoms with Gasteiger partial charge in [0, 0.05) is 4.90 Å². The fraction of sp³-hybridized carbons (Fsp3) is 0.222. The molecule has 3 amide bonds. The number of amides is 3. The van der Waals surface area contributed by atoms with Crippen LogP contribution in [-0.4, -0.2) is 35.0 Å². The minimum absolute atomic E-state index is 0.173. The average molecular weight is 419 g/mol. The summed E-state index contributed by atoms with van der Waals surface area (Å²) in [6, 6.07) is 8.79. The van der Waals surface area contributed by atoms with Crippen LogP contribution >= 0.6 is 23.1 Å². The summed E-state index contributed by atoms with van der Waals surface area (Å²) in [5.41, 5.74) is 6.12. The number of carbonyl (C=O) groups is 4. The smallest absolute Gasteiger partial charge is 0.308 e. The predicted molar refractivity (Wildman–Crippen MR) is 106 cm³/mol. The number of thioether (sulfide) groups is 1. The quantitative estimate of drug-likeness (QED) is 0.616. The average Bonchev–Trinajstić information content (AvgIpc) is 3.10. The summed E-state index contributed by atoms with van der Waals surface area (Å²) in [7, 11) is 0. The van der Waals surface area contributed by atoms with Crippen LogP contribution in [0.3, 0.4) is 0 Å². The SMILES string of the molecule is CC(OC(=O)CC1Sc2ccccc2NC1=O)C(=O)Nc1sccc1C(N)=O. The molecule has 0 fully saturated rings. The number of fused-ring (bicyclic) bond motifs is 1. The molecule has 0 spiro atoms. The zero-order valence-corrected chi connectivity index (χ0v) is 16.4. The minimum atomic E-state index is -1.10. The van der Waals surface area contributed by atoms with Gasteiger partial charge in [0.05, 0.1) is 22.9 Å². The molecule has 3 rings (SSSR count). The molecule has 0 saturated carbocycles. The minimum Gasteiger partial charge on any atom is -0.452 e. The summed E-state index contributed by atoms with van der Waals surface area (Å²) in [5.74, 6) is -2.22. The summed E-state index contributed by atoms with van der Waals surface area (Å²) in [4.78, 5) is 48.7. The van der Waals surface area contributed by atoms with E-state index in [0.717, 1.165) is 16.2 Å². The van der Waals surface area contributed by atoms with Crippen molar-refractivity contribution in [3.63, 3.8) is 0 Å². The Balaban J connectivity index is 1.55. The van der Waals surface area contributed by atoms with Gasteiger partial charge in [0.25, 0.3) is 11.8 Å². The predicted octanol–water partition coefficient (Wildman–Crippen LogP) is 2.22. The Morgan fingerprint density at radius 3 is 2.79 bits per heavy atom. The number of para-hydroxylation sites is 1. The lowest BCUT2D eigenvalue weighted by Gasteiger charge is -2.23. The normalized spacial score (nSPS) is 16.5. The fourth-order valence-corrected chi connectivity index (χ4v) is 4.38. The van der Waals surface area contributed by atoms with Crippen LogP contribution in [0.15, 0.2) is 40.6 Å². The molecule has 1 aliphatic rings. The van der Waals surface area contributed by atoms with Crippen LogP contribution in [0.2, 0.25) is 0 Å². The second kappa shape index (κ2) is 8.44. The maximum atomic E-state index is 12.2. The van der Waals surface area contributed by atoms with Gasteiger partial charge in [-0.1, -0.05) is 12.1 Å². The van der Waals surface area contributed by atoms with Crippen molar-refractivity contribution < 1.29 is 23.9 Å². The molecule has 1 aromatic heterocycles. The summed E-state index contributed by atoms with van der Waals surface area (Å²) < 4.78 is 5.14. The highest BCUT2D eigenvalue weighted by Crippen LogP contribution is 2.36. The third-order valence-electron chi connectivity index (χ3n) is 3.90. The van der Waals surface area contributed by atoms with Crippen molar-refractivity contribution in [2.75, 3.05) is 10.6 Å². The van der Waals surface area contributed by atoms with Crippen molar-refractivity contribution in [1.82, 2.24) is 0 Å². The van der Waals surface area contributed by atoms with E-state index in [1.807, 2.05) is 18.2 Å². The monoisotopic (exact) mass is 419 g/mol. The molecule has 28 heavy (non-hydrogen) atoms. The molecule has 2 heterocycles. The van der Waals surface area contributed by atoms with Crippen LogP contribution in [0.5, 0.6) is 0 Å². The highest BCUT2D eigenvalue weighted by atomic mass is 32.2. The lowest BCUT2D eigenvalue weighted by atomic mass is 10.2. The maximum absolute atomic E-state index is 12.2. The van der Waals surface area contributed by atoms with E-state index in [1.54, 1.807) is 11.4 Å². The van der Waals surface area contributed by atoms with Crippen molar-refractivity contribution in [1.29, 1.82) is 0 Å². The van der Waals surface area contributed by atoms with Crippen molar-refractivity contribution in [3.8, 4) is 0 Å². The largest absolute Gasteiger partial charge is 0.452 e. The second-order valence-corrected chi connectivity index (χ2v) is 8.11. The van der Waals surface area contributed by atoms with E-state index >= 15 is 0 Å². The van der Waals surface area contributed by atoms with Crippen LogP contribution in [0.25, 0.3) is 0 Å². The number of nitrogens with one attached hydrogen (secondary N) is 2. The number of benzene rings is 1. The second-order valence-electron chi connectivity index (χ2n) is 5.95. The number of esters is 1. The Morgan fingerprint density at radius 1 is 1.29 bits per heavy atom. The van der Waals surface area contributed by atoms with E-state index in [2.05, 4.69) is 10.6 Å². The Labute approximate surface area is 168 Å². The third kappa shape index (κ3) is 4.52. The molecule has 146 valence electrons. The highest BCUT2D eigenvalue weighted by molar-refractivity contribution is 8.01. The Bertz CT molecular complexity index is 943. The van der Waals surface area contributed by atoms with Crippen molar-refractivity contribution in [3.05, 3.63) is 41.3 Å². The fourth-order valence-electron chi connectivity index (χ4n) is 2.49. The molecule has 0 saturated heterocycles. The molecule has 1 aliphatic heterocycles. The van der Waals surface area contributed by atoms with Gasteiger partial charge in [-0.05, 0) is 30.5 Å². The number of hydrogen-bond donors (Lipinski definition) is 3. The van der Waals surface area contributed by atoms with E-state index in [4.69, 9.17) is 10.5 Å². The molecule has 8 nitrogen and oxygen atoms in total. The van der Waals surface area contributed by atoms with E-state index in [9.17, 15) is 19.2 Å². The lowest BCUT2D eigenvalue weighted by Crippen LogP contribution is -2.34. The number of primary amides is 1. The summed E-state index contributed by atoms with van der Waals surface area (Å²) in [6.07, 6.45) is -1.27. The van der Waals surface area contributed by atoms with Gasteiger partial charge in [-0.25, -0.2) is 0 Å². The topological polar surface area (TPSA) is 128 Å². The number of anilines is 2. The van der Waals surface area contributed by atoms with Crippen molar-refractivity contribution >= 4 is 57.5 Å². The molecule has 0 radical (unpaired) electrons. The van der Waals surface area contributed by atoms with Gasteiger partial charge in [0.1, 0.15) is 5.00 Å². The Kier molecular flexibility index (Phi) is 6.00. The summed E-state index contributed by atoms with van der Waals surface area (Å²) in [5, 5.41) is 6.53. The Morgan fingerprint density at radius 2 is 2.04 bits per heavy atom. The van der Waals surface area contributed by atoms with E-state index in [-0.39, 0.29) is 17.9 Å². The lowest BCUT2D eigenvalue weighted by molar-refractivity contribution is -0.153. The van der Waals surface area contributed by atoms with Crippen LogP contribution in [0, 0.1) is 0 Å². The zero-order valence-electron chi connectivity index (χ0n) is 14.8. The third-order valence-corrected chi connectivity index (χ3v) is 6.01. The number of ether oxygens (including phenoxy) is 1. The molecule has 2 aromatic rings. The highest BCUT2D eigenvalue weighted by Gasteiger charge is 2.30. The molecular formula is C18H17N3O5S2. The van der Waals surface area contributed by atoms with Gasteiger partial charge in [-0.2, -0.15) is 0 Å². The van der Waals surface area contributed by atoms with Crippen molar-refractivity contribution in [2.24, 2.45) is 5.73 Å². The van der Waals surface area contributed by atoms with Gasteiger partial charge in [0.15, 0.2) is 6.10 Å². The Hall–Kier alpha value is -2.85. The summed E-state index contributed by atoms with van der Waals surface area (Å²) >= 11 is 2.41. The molecule has 2 unspecified atom stereocenters.